The van der Waals surface area contributed by atoms with E-state index in [1.807, 2.05) is 19.9 Å². The molecule has 2 amide bonds. The Labute approximate surface area is 160 Å². The van der Waals surface area contributed by atoms with Crippen LogP contribution in [0.3, 0.4) is 0 Å². The number of aryl methyl sites for hydroxylation is 1. The van der Waals surface area contributed by atoms with Crippen LogP contribution in [0.25, 0.3) is 10.9 Å². The minimum absolute atomic E-state index is 0.135. The van der Waals surface area contributed by atoms with Crippen LogP contribution in [-0.4, -0.2) is 30.5 Å². The highest BCUT2D eigenvalue weighted by Gasteiger charge is 2.25. The summed E-state index contributed by atoms with van der Waals surface area (Å²) in [6.45, 7) is 6.43. The Morgan fingerprint density at radius 3 is 2.63 bits per heavy atom. The maximum absolute atomic E-state index is 15.3. The number of halogens is 1. The fourth-order valence-electron chi connectivity index (χ4n) is 3.42. The predicted octanol–water partition coefficient (Wildman–Crippen LogP) is 4.19. The fraction of sp³-hybridized carbons (Fsp3) is 0.524. The molecule has 1 aliphatic carbocycles. The summed E-state index contributed by atoms with van der Waals surface area (Å²) in [5.41, 5.74) is 2.32. The molecular weight excluding hydrogens is 345 g/mol. The smallest absolute Gasteiger partial charge is 0.228 e. The van der Waals surface area contributed by atoms with Gasteiger partial charge in [-0.2, -0.15) is 0 Å². The van der Waals surface area contributed by atoms with Crippen molar-refractivity contribution in [2.24, 2.45) is 0 Å². The van der Waals surface area contributed by atoms with Gasteiger partial charge >= 0.3 is 0 Å². The van der Waals surface area contributed by atoms with Gasteiger partial charge in [0.25, 0.3) is 0 Å². The molecule has 1 aliphatic rings. The van der Waals surface area contributed by atoms with E-state index in [1.54, 1.807) is 18.0 Å². The van der Waals surface area contributed by atoms with Crippen LogP contribution >= 0.6 is 0 Å². The molecule has 1 fully saturated rings. The zero-order chi connectivity index (χ0) is 20.0. The van der Waals surface area contributed by atoms with E-state index >= 15 is 4.39 Å². The van der Waals surface area contributed by atoms with E-state index in [9.17, 15) is 9.59 Å². The number of nitrogens with one attached hydrogen (secondary N) is 1. The first-order valence-corrected chi connectivity index (χ1v) is 9.82. The summed E-state index contributed by atoms with van der Waals surface area (Å²) in [4.78, 5) is 23.5. The number of rotatable bonds is 7. The van der Waals surface area contributed by atoms with Crippen molar-refractivity contribution in [3.63, 3.8) is 0 Å². The first kappa shape index (κ1) is 20.9. The van der Waals surface area contributed by atoms with Crippen molar-refractivity contribution in [1.82, 2.24) is 9.88 Å². The summed E-state index contributed by atoms with van der Waals surface area (Å²) in [5.74, 6) is -0.600. The predicted molar refractivity (Wildman–Crippen MR) is 108 cm³/mol. The van der Waals surface area contributed by atoms with Gasteiger partial charge in [-0.3, -0.25) is 14.9 Å². The number of hydrogen-bond donors (Lipinski definition) is 1. The van der Waals surface area contributed by atoms with Crippen LogP contribution in [-0.2, 0) is 16.0 Å². The Balaban J connectivity index is 0.00000126. The maximum atomic E-state index is 15.3. The first-order chi connectivity index (χ1) is 13.1. The molecule has 1 aromatic carbocycles. The Bertz CT molecular complexity index is 796. The Hall–Kier alpha value is -2.37. The SMILES string of the molecule is CC.CCc1cn(C2CCC2)c2c(F)c(N(C)CCC(=O)NC=O)ccc12. The van der Waals surface area contributed by atoms with Gasteiger partial charge in [0, 0.05) is 37.6 Å². The molecule has 1 aromatic heterocycles. The second-order valence-corrected chi connectivity index (χ2v) is 6.65. The van der Waals surface area contributed by atoms with Crippen LogP contribution in [0.2, 0.25) is 0 Å². The molecule has 148 valence electrons. The molecule has 0 bridgehead atoms. The lowest BCUT2D eigenvalue weighted by molar-refractivity contribution is -0.125. The number of imide groups is 1. The number of fused-ring (bicyclic) bond motifs is 1. The minimum atomic E-state index is -0.366. The number of carbonyl (C=O) groups excluding carboxylic acids is 2. The van der Waals surface area contributed by atoms with Crippen LogP contribution in [0.15, 0.2) is 18.3 Å². The fourth-order valence-corrected chi connectivity index (χ4v) is 3.42. The molecule has 1 N–H and O–H groups in total. The molecule has 0 saturated heterocycles. The minimum Gasteiger partial charge on any atom is -0.372 e. The van der Waals surface area contributed by atoms with Gasteiger partial charge in [0.15, 0.2) is 5.82 Å². The highest BCUT2D eigenvalue weighted by Crippen LogP contribution is 2.39. The number of nitrogens with zero attached hydrogens (tertiary/aromatic N) is 2. The zero-order valence-electron chi connectivity index (χ0n) is 16.7. The average molecular weight is 375 g/mol. The number of carbonyl (C=O) groups is 2. The van der Waals surface area contributed by atoms with Gasteiger partial charge in [0.1, 0.15) is 0 Å². The van der Waals surface area contributed by atoms with E-state index in [2.05, 4.69) is 23.0 Å². The molecular formula is C21H30FN3O2. The monoisotopic (exact) mass is 375 g/mol. The number of hydrogen-bond acceptors (Lipinski definition) is 3. The van der Waals surface area contributed by atoms with E-state index in [1.165, 1.54) is 12.0 Å². The van der Waals surface area contributed by atoms with E-state index in [0.29, 0.717) is 30.2 Å². The third kappa shape index (κ3) is 4.31. The largest absolute Gasteiger partial charge is 0.372 e. The molecule has 6 heteroatoms. The van der Waals surface area contributed by atoms with Gasteiger partial charge in [-0.05, 0) is 37.3 Å². The standard InChI is InChI=1S/C19H24FN3O2.C2H6/c1-3-13-11-23(14-5-4-6-14)19-15(13)7-8-16(18(19)20)22(2)10-9-17(25)21-12-24;1-2/h7-8,11-12,14H,3-6,9-10H2,1-2H3,(H,21,24,25);1-2H3. The Morgan fingerprint density at radius 1 is 1.37 bits per heavy atom. The van der Waals surface area contributed by atoms with Gasteiger partial charge in [-0.1, -0.05) is 26.8 Å². The molecule has 0 spiro atoms. The van der Waals surface area contributed by atoms with Gasteiger partial charge in [0.05, 0.1) is 11.2 Å². The lowest BCUT2D eigenvalue weighted by Gasteiger charge is -2.28. The highest BCUT2D eigenvalue weighted by atomic mass is 19.1. The summed E-state index contributed by atoms with van der Waals surface area (Å²) in [6.07, 6.45) is 6.86. The molecule has 0 unspecified atom stereocenters. The second-order valence-electron chi connectivity index (χ2n) is 6.65. The van der Waals surface area contributed by atoms with Crippen molar-refractivity contribution in [1.29, 1.82) is 0 Å². The average Bonchev–Trinajstić information content (AvgIpc) is 3.00. The molecule has 1 heterocycles. The quantitative estimate of drug-likeness (QED) is 0.738. The lowest BCUT2D eigenvalue weighted by atomic mass is 9.93. The van der Waals surface area contributed by atoms with E-state index < -0.39 is 0 Å². The van der Waals surface area contributed by atoms with Crippen molar-refractivity contribution < 1.29 is 14.0 Å². The van der Waals surface area contributed by atoms with Crippen LogP contribution in [0, 0.1) is 5.82 Å². The van der Waals surface area contributed by atoms with Crippen molar-refractivity contribution in [3.8, 4) is 0 Å². The summed E-state index contributed by atoms with van der Waals surface area (Å²) in [7, 11) is 1.76. The van der Waals surface area contributed by atoms with Crippen LogP contribution < -0.4 is 10.2 Å². The van der Waals surface area contributed by atoms with Gasteiger partial charge in [0.2, 0.25) is 12.3 Å². The summed E-state index contributed by atoms with van der Waals surface area (Å²) in [6, 6.07) is 4.14. The van der Waals surface area contributed by atoms with Crippen LogP contribution in [0.5, 0.6) is 0 Å². The zero-order valence-corrected chi connectivity index (χ0v) is 16.7. The summed E-state index contributed by atoms with van der Waals surface area (Å²) in [5, 5.41) is 3.08. The highest BCUT2D eigenvalue weighted by molar-refractivity contribution is 5.89. The number of aromatic nitrogens is 1. The molecule has 1 saturated carbocycles. The first-order valence-electron chi connectivity index (χ1n) is 9.82. The molecule has 27 heavy (non-hydrogen) atoms. The van der Waals surface area contributed by atoms with E-state index in [-0.39, 0.29) is 18.1 Å². The molecule has 2 aromatic rings. The lowest BCUT2D eigenvalue weighted by Crippen LogP contribution is -2.28. The molecule has 0 atom stereocenters. The third-order valence-corrected chi connectivity index (χ3v) is 5.15. The topological polar surface area (TPSA) is 54.3 Å². The molecule has 3 rings (SSSR count). The second kappa shape index (κ2) is 9.53. The van der Waals surface area contributed by atoms with Crippen molar-refractivity contribution in [2.75, 3.05) is 18.5 Å². The third-order valence-electron chi connectivity index (χ3n) is 5.15. The molecule has 0 radical (unpaired) electrons. The summed E-state index contributed by atoms with van der Waals surface area (Å²) < 4.78 is 17.4. The normalized spacial score (nSPS) is 13.5. The van der Waals surface area contributed by atoms with Crippen molar-refractivity contribution >= 4 is 28.9 Å². The molecule has 0 aliphatic heterocycles. The van der Waals surface area contributed by atoms with Crippen molar-refractivity contribution in [3.05, 3.63) is 29.7 Å². The Morgan fingerprint density at radius 2 is 2.07 bits per heavy atom. The summed E-state index contributed by atoms with van der Waals surface area (Å²) >= 11 is 0. The van der Waals surface area contributed by atoms with Crippen LogP contribution in [0.4, 0.5) is 10.1 Å². The van der Waals surface area contributed by atoms with Gasteiger partial charge < -0.3 is 9.47 Å². The van der Waals surface area contributed by atoms with E-state index in [4.69, 9.17) is 0 Å². The Kier molecular flexibility index (Phi) is 7.39. The van der Waals surface area contributed by atoms with E-state index in [0.717, 1.165) is 24.6 Å². The number of amides is 2. The molecule has 5 nitrogen and oxygen atoms in total. The number of benzene rings is 1. The maximum Gasteiger partial charge on any atom is 0.228 e. The van der Waals surface area contributed by atoms with Crippen LogP contribution in [0.1, 0.15) is 58.1 Å². The van der Waals surface area contributed by atoms with Gasteiger partial charge in [-0.25, -0.2) is 4.39 Å². The number of anilines is 1. The van der Waals surface area contributed by atoms with Crippen molar-refractivity contribution in [2.45, 2.75) is 58.9 Å². The van der Waals surface area contributed by atoms with Gasteiger partial charge in [-0.15, -0.1) is 0 Å².